The monoisotopic (exact) mass is 521 g/mol. The summed E-state index contributed by atoms with van der Waals surface area (Å²) in [6.07, 6.45) is 1.42. The molecule has 3 heterocycles. The summed E-state index contributed by atoms with van der Waals surface area (Å²) >= 11 is 1.64. The van der Waals surface area contributed by atoms with Crippen molar-refractivity contribution in [3.63, 3.8) is 0 Å². The Morgan fingerprint density at radius 1 is 1.05 bits per heavy atom. The van der Waals surface area contributed by atoms with Gasteiger partial charge >= 0.3 is 0 Å². The molecule has 2 unspecified atom stereocenters. The molecule has 5 rings (SSSR count). The fourth-order valence-electron chi connectivity index (χ4n) is 6.69. The average molecular weight is 522 g/mol. The van der Waals surface area contributed by atoms with Gasteiger partial charge in [0.1, 0.15) is 6.04 Å². The number of aliphatic hydroxyl groups is 1. The van der Waals surface area contributed by atoms with Crippen LogP contribution in [0.15, 0.2) is 60.7 Å². The molecule has 3 aliphatic rings. The number of carbonyl (C=O) groups is 3. The van der Waals surface area contributed by atoms with Gasteiger partial charge in [-0.25, -0.2) is 0 Å². The number of nitrogens with zero attached hydrogens (tertiary/aromatic N) is 1. The highest BCUT2D eigenvalue weighted by atomic mass is 32.2. The van der Waals surface area contributed by atoms with E-state index in [1.54, 1.807) is 16.7 Å². The first-order valence-corrected chi connectivity index (χ1v) is 13.8. The van der Waals surface area contributed by atoms with Crippen molar-refractivity contribution in [3.05, 3.63) is 71.8 Å². The summed E-state index contributed by atoms with van der Waals surface area (Å²) < 4.78 is -1.16. The second-order valence-corrected chi connectivity index (χ2v) is 12.8. The summed E-state index contributed by atoms with van der Waals surface area (Å²) in [5, 5.41) is 16.6. The zero-order valence-electron chi connectivity index (χ0n) is 21.5. The summed E-state index contributed by atoms with van der Waals surface area (Å²) in [7, 11) is 0. The quantitative estimate of drug-likeness (QED) is 0.496. The topological polar surface area (TPSA) is 98.7 Å². The molecular weight excluding hydrogens is 486 g/mol. The van der Waals surface area contributed by atoms with Crippen LogP contribution in [-0.2, 0) is 20.9 Å². The molecule has 0 saturated carbocycles. The van der Waals surface area contributed by atoms with Gasteiger partial charge in [-0.3, -0.25) is 14.4 Å². The second kappa shape index (κ2) is 9.80. The first-order valence-electron chi connectivity index (χ1n) is 13.0. The van der Waals surface area contributed by atoms with E-state index in [-0.39, 0.29) is 30.4 Å². The Labute approximate surface area is 222 Å². The van der Waals surface area contributed by atoms with Crippen LogP contribution in [0.3, 0.4) is 0 Å². The second-order valence-electron chi connectivity index (χ2n) is 10.9. The van der Waals surface area contributed by atoms with Crippen molar-refractivity contribution in [2.75, 3.05) is 6.61 Å². The lowest BCUT2D eigenvalue weighted by atomic mass is 9.66. The molecule has 3 N–H and O–H groups in total. The number of hydrogen-bond acceptors (Lipinski definition) is 5. The van der Waals surface area contributed by atoms with Gasteiger partial charge in [0.05, 0.1) is 29.2 Å². The Bertz CT molecular complexity index is 1180. The largest absolute Gasteiger partial charge is 0.394 e. The lowest BCUT2D eigenvalue weighted by Gasteiger charge is -2.37. The molecular formula is C29H35N3O4S. The molecule has 8 heteroatoms. The number of hydrogen-bond donors (Lipinski definition) is 3. The van der Waals surface area contributed by atoms with E-state index in [9.17, 15) is 19.5 Å². The fourth-order valence-corrected chi connectivity index (χ4v) is 9.03. The maximum Gasteiger partial charge on any atom is 0.244 e. The number of nitrogens with one attached hydrogen (secondary N) is 2. The molecule has 2 bridgehead atoms. The number of likely N-dealkylation sites (tertiary alicyclic amines) is 1. The summed E-state index contributed by atoms with van der Waals surface area (Å²) in [5.41, 5.74) is 1.76. The number of rotatable bonds is 8. The molecule has 3 aliphatic heterocycles. The zero-order valence-corrected chi connectivity index (χ0v) is 22.3. The molecule has 3 saturated heterocycles. The van der Waals surface area contributed by atoms with E-state index in [1.807, 2.05) is 74.5 Å². The van der Waals surface area contributed by atoms with Gasteiger partial charge in [0.25, 0.3) is 0 Å². The maximum atomic E-state index is 14.3. The van der Waals surface area contributed by atoms with Crippen molar-refractivity contribution < 1.29 is 19.5 Å². The minimum atomic E-state index is -0.775. The number of amides is 3. The van der Waals surface area contributed by atoms with Crippen molar-refractivity contribution in [2.45, 2.75) is 67.8 Å². The molecule has 196 valence electrons. The van der Waals surface area contributed by atoms with E-state index >= 15 is 0 Å². The van der Waals surface area contributed by atoms with Gasteiger partial charge < -0.3 is 20.6 Å². The highest BCUT2D eigenvalue weighted by Crippen LogP contribution is 2.72. The van der Waals surface area contributed by atoms with Crippen LogP contribution in [0, 0.1) is 11.8 Å². The molecule has 7 nitrogen and oxygen atoms in total. The maximum absolute atomic E-state index is 14.3. The van der Waals surface area contributed by atoms with Crippen LogP contribution >= 0.6 is 11.8 Å². The smallest absolute Gasteiger partial charge is 0.244 e. The minimum absolute atomic E-state index is 0.103. The number of fused-ring (bicyclic) bond motifs is 1. The third kappa shape index (κ3) is 4.24. The van der Waals surface area contributed by atoms with E-state index in [4.69, 9.17) is 0 Å². The van der Waals surface area contributed by atoms with Gasteiger partial charge in [-0.1, -0.05) is 60.7 Å². The minimum Gasteiger partial charge on any atom is -0.394 e. The van der Waals surface area contributed by atoms with Gasteiger partial charge in [0.15, 0.2) is 0 Å². The van der Waals surface area contributed by atoms with Crippen LogP contribution in [0.25, 0.3) is 0 Å². The molecule has 0 aliphatic carbocycles. The van der Waals surface area contributed by atoms with Crippen molar-refractivity contribution in [1.82, 2.24) is 15.5 Å². The molecule has 1 spiro atoms. The Kier molecular flexibility index (Phi) is 6.83. The average Bonchev–Trinajstić information content (AvgIpc) is 3.45. The predicted octanol–water partition coefficient (Wildman–Crippen LogP) is 3.04. The SMILES string of the molecule is CC(C)NC(=O)C1N([C@H](CO)c2ccccc2)C(=O)[C@@H]2[C@@H](C(=O)NCc3ccccc3)[C@@]3(C)CCC12S3. The van der Waals surface area contributed by atoms with Crippen molar-refractivity contribution in [3.8, 4) is 0 Å². The summed E-state index contributed by atoms with van der Waals surface area (Å²) in [6.45, 7) is 5.93. The normalized spacial score (nSPS) is 30.9. The third-order valence-electron chi connectivity index (χ3n) is 8.18. The number of thioether (sulfide) groups is 1. The summed E-state index contributed by atoms with van der Waals surface area (Å²) in [4.78, 5) is 43.4. The first kappa shape index (κ1) is 25.8. The Morgan fingerprint density at radius 3 is 2.32 bits per heavy atom. The van der Waals surface area contributed by atoms with Crippen LogP contribution < -0.4 is 10.6 Å². The number of benzene rings is 2. The highest BCUT2D eigenvalue weighted by molar-refractivity contribution is 8.02. The fraction of sp³-hybridized carbons (Fsp3) is 0.483. The van der Waals surface area contributed by atoms with Crippen molar-refractivity contribution in [2.24, 2.45) is 11.8 Å². The van der Waals surface area contributed by atoms with E-state index in [2.05, 4.69) is 17.6 Å². The van der Waals surface area contributed by atoms with Gasteiger partial charge in [-0.2, -0.15) is 0 Å². The highest BCUT2D eigenvalue weighted by Gasteiger charge is 2.77. The Hall–Kier alpha value is -2.84. The van der Waals surface area contributed by atoms with E-state index in [1.165, 1.54) is 0 Å². The van der Waals surface area contributed by atoms with Gasteiger partial charge in [0.2, 0.25) is 17.7 Å². The molecule has 0 aromatic heterocycles. The van der Waals surface area contributed by atoms with Crippen LogP contribution in [0.2, 0.25) is 0 Å². The summed E-state index contributed by atoms with van der Waals surface area (Å²) in [6, 6.07) is 17.5. The van der Waals surface area contributed by atoms with Crippen LogP contribution in [0.5, 0.6) is 0 Å². The number of carbonyl (C=O) groups excluding carboxylic acids is 3. The van der Waals surface area contributed by atoms with E-state index in [0.29, 0.717) is 13.0 Å². The van der Waals surface area contributed by atoms with Crippen LogP contribution in [0.4, 0.5) is 0 Å². The van der Waals surface area contributed by atoms with E-state index < -0.39 is 33.4 Å². The standard InChI is InChI=1S/C29H35N3O4S/c1-18(2)31-26(35)24-29-15-14-28(3,37-29)22(25(34)30-16-19-10-6-4-7-11-19)23(29)27(36)32(24)21(17-33)20-12-8-5-9-13-20/h4-13,18,21-24,33H,14-17H2,1-3H3,(H,30,34)(H,31,35)/t21-,22+,23+,24?,28-,29?/m1/s1. The summed E-state index contributed by atoms with van der Waals surface area (Å²) in [5.74, 6) is -1.78. The van der Waals surface area contributed by atoms with Gasteiger partial charge in [0, 0.05) is 17.3 Å². The molecule has 3 amide bonds. The van der Waals surface area contributed by atoms with Crippen LogP contribution in [0.1, 0.15) is 50.8 Å². The first-order chi connectivity index (χ1) is 17.7. The predicted molar refractivity (Wildman–Crippen MR) is 143 cm³/mol. The van der Waals surface area contributed by atoms with Crippen molar-refractivity contribution >= 4 is 29.5 Å². The molecule has 2 aromatic carbocycles. The lowest BCUT2D eigenvalue weighted by molar-refractivity contribution is -0.143. The molecule has 3 fully saturated rings. The molecule has 37 heavy (non-hydrogen) atoms. The molecule has 0 radical (unpaired) electrons. The van der Waals surface area contributed by atoms with E-state index in [0.717, 1.165) is 17.5 Å². The molecule has 2 aromatic rings. The van der Waals surface area contributed by atoms with Gasteiger partial charge in [-0.05, 0) is 44.7 Å². The number of aliphatic hydroxyl groups excluding tert-OH is 1. The van der Waals surface area contributed by atoms with Crippen molar-refractivity contribution in [1.29, 1.82) is 0 Å². The van der Waals surface area contributed by atoms with Gasteiger partial charge in [-0.15, -0.1) is 11.8 Å². The van der Waals surface area contributed by atoms with Crippen LogP contribution in [-0.4, -0.2) is 55.9 Å². The molecule has 6 atom stereocenters. The Balaban J connectivity index is 1.53. The Morgan fingerprint density at radius 2 is 1.70 bits per heavy atom. The zero-order chi connectivity index (χ0) is 26.4. The lowest BCUT2D eigenvalue weighted by Crippen LogP contribution is -2.55. The third-order valence-corrected chi connectivity index (χ3v) is 10.2.